The topological polar surface area (TPSA) is 72.4 Å². The molecule has 0 bridgehead atoms. The first-order valence-electron chi connectivity index (χ1n) is 8.17. The molecule has 1 saturated heterocycles. The molecule has 1 unspecified atom stereocenters. The number of oxazole rings is 1. The van der Waals surface area contributed by atoms with Gasteiger partial charge >= 0.3 is 0 Å². The second-order valence-corrected chi connectivity index (χ2v) is 6.34. The summed E-state index contributed by atoms with van der Waals surface area (Å²) in [5, 5.41) is 0. The molecule has 3 rings (SSSR count). The summed E-state index contributed by atoms with van der Waals surface area (Å²) in [6.07, 6.45) is 4.16. The Bertz CT molecular complexity index is 645. The van der Waals surface area contributed by atoms with Gasteiger partial charge in [0.15, 0.2) is 5.69 Å². The molecule has 5 nitrogen and oxygen atoms in total. The molecule has 1 aliphatic heterocycles. The zero-order valence-corrected chi connectivity index (χ0v) is 13.4. The SMILES string of the molecule is CC1CCN(C(=O)c2coc(C(N)Cc3ccccc3)n2)CC1. The van der Waals surface area contributed by atoms with Crippen molar-refractivity contribution in [3.05, 3.63) is 53.7 Å². The third-order valence-corrected chi connectivity index (χ3v) is 4.43. The number of aromatic nitrogens is 1. The van der Waals surface area contributed by atoms with E-state index in [2.05, 4.69) is 11.9 Å². The van der Waals surface area contributed by atoms with Gasteiger partial charge in [0, 0.05) is 13.1 Å². The minimum Gasteiger partial charge on any atom is -0.446 e. The smallest absolute Gasteiger partial charge is 0.275 e. The molecule has 0 spiro atoms. The van der Waals surface area contributed by atoms with E-state index in [9.17, 15) is 4.79 Å². The van der Waals surface area contributed by atoms with Crippen LogP contribution in [0.15, 0.2) is 41.0 Å². The van der Waals surface area contributed by atoms with E-state index in [0.717, 1.165) is 31.5 Å². The van der Waals surface area contributed by atoms with Crippen molar-refractivity contribution in [3.63, 3.8) is 0 Å². The van der Waals surface area contributed by atoms with Crippen LogP contribution in [0.5, 0.6) is 0 Å². The standard InChI is InChI=1S/C18H23N3O2/c1-13-7-9-21(10-8-13)18(22)16-12-23-17(20-16)15(19)11-14-5-3-2-4-6-14/h2-6,12-13,15H,7-11,19H2,1H3. The number of likely N-dealkylation sites (tertiary alicyclic amines) is 1. The zero-order valence-electron chi connectivity index (χ0n) is 13.4. The monoisotopic (exact) mass is 313 g/mol. The number of amides is 1. The third-order valence-electron chi connectivity index (χ3n) is 4.43. The van der Waals surface area contributed by atoms with Gasteiger partial charge in [0.05, 0.1) is 6.04 Å². The van der Waals surface area contributed by atoms with Crippen molar-refractivity contribution in [2.75, 3.05) is 13.1 Å². The molecular formula is C18H23N3O2. The lowest BCUT2D eigenvalue weighted by atomic mass is 9.99. The van der Waals surface area contributed by atoms with Gasteiger partial charge in [-0.1, -0.05) is 37.3 Å². The molecule has 5 heteroatoms. The number of benzene rings is 1. The van der Waals surface area contributed by atoms with E-state index < -0.39 is 0 Å². The average Bonchev–Trinajstić information content (AvgIpc) is 3.06. The molecule has 2 aromatic rings. The molecule has 1 aromatic carbocycles. The van der Waals surface area contributed by atoms with E-state index in [4.69, 9.17) is 10.2 Å². The van der Waals surface area contributed by atoms with Gasteiger partial charge in [-0.15, -0.1) is 0 Å². The number of rotatable bonds is 4. The molecule has 1 fully saturated rings. The van der Waals surface area contributed by atoms with Gasteiger partial charge < -0.3 is 15.1 Å². The molecule has 2 N–H and O–H groups in total. The summed E-state index contributed by atoms with van der Waals surface area (Å²) in [6.45, 7) is 3.80. The summed E-state index contributed by atoms with van der Waals surface area (Å²) in [4.78, 5) is 18.6. The highest BCUT2D eigenvalue weighted by molar-refractivity contribution is 5.92. The van der Waals surface area contributed by atoms with E-state index in [1.807, 2.05) is 35.2 Å². The second kappa shape index (κ2) is 6.96. The Labute approximate surface area is 136 Å². The molecule has 122 valence electrons. The van der Waals surface area contributed by atoms with Crippen molar-refractivity contribution < 1.29 is 9.21 Å². The maximum Gasteiger partial charge on any atom is 0.275 e. The fourth-order valence-corrected chi connectivity index (χ4v) is 2.89. The maximum atomic E-state index is 12.5. The van der Waals surface area contributed by atoms with E-state index in [0.29, 0.717) is 23.9 Å². The quantitative estimate of drug-likeness (QED) is 0.942. The van der Waals surface area contributed by atoms with Crippen LogP contribution in [0.3, 0.4) is 0 Å². The number of carbonyl (C=O) groups excluding carboxylic acids is 1. The highest BCUT2D eigenvalue weighted by atomic mass is 16.3. The number of piperidine rings is 1. The Balaban J connectivity index is 1.64. The van der Waals surface area contributed by atoms with Gasteiger partial charge in [0.1, 0.15) is 6.26 Å². The Hall–Kier alpha value is -2.14. The average molecular weight is 313 g/mol. The summed E-state index contributed by atoms with van der Waals surface area (Å²) in [7, 11) is 0. The summed E-state index contributed by atoms with van der Waals surface area (Å²) in [5.74, 6) is 1.05. The van der Waals surface area contributed by atoms with E-state index in [1.165, 1.54) is 6.26 Å². The van der Waals surface area contributed by atoms with Crippen LogP contribution in [0.4, 0.5) is 0 Å². The summed E-state index contributed by atoms with van der Waals surface area (Å²) in [5.41, 5.74) is 7.64. The van der Waals surface area contributed by atoms with Gasteiger partial charge in [0.25, 0.3) is 5.91 Å². The lowest BCUT2D eigenvalue weighted by Crippen LogP contribution is -2.38. The fraction of sp³-hybridized carbons (Fsp3) is 0.444. The van der Waals surface area contributed by atoms with Gasteiger partial charge in [-0.2, -0.15) is 0 Å². The van der Waals surface area contributed by atoms with Gasteiger partial charge in [-0.05, 0) is 30.7 Å². The largest absolute Gasteiger partial charge is 0.446 e. The normalized spacial score (nSPS) is 17.2. The van der Waals surface area contributed by atoms with Crippen molar-refractivity contribution in [3.8, 4) is 0 Å². The Kier molecular flexibility index (Phi) is 4.76. The molecule has 23 heavy (non-hydrogen) atoms. The molecule has 2 heterocycles. The van der Waals surface area contributed by atoms with Crippen LogP contribution in [0, 0.1) is 5.92 Å². The summed E-state index contributed by atoms with van der Waals surface area (Å²) < 4.78 is 5.45. The van der Waals surface area contributed by atoms with Crippen molar-refractivity contribution >= 4 is 5.91 Å². The van der Waals surface area contributed by atoms with Crippen molar-refractivity contribution in [2.24, 2.45) is 11.7 Å². The molecule has 1 atom stereocenters. The Morgan fingerprint density at radius 3 is 2.74 bits per heavy atom. The van der Waals surface area contributed by atoms with Crippen LogP contribution >= 0.6 is 0 Å². The van der Waals surface area contributed by atoms with Crippen LogP contribution in [0.25, 0.3) is 0 Å². The van der Waals surface area contributed by atoms with Crippen molar-refractivity contribution in [2.45, 2.75) is 32.2 Å². The number of nitrogens with two attached hydrogens (primary N) is 1. The highest BCUT2D eigenvalue weighted by Crippen LogP contribution is 2.20. The highest BCUT2D eigenvalue weighted by Gasteiger charge is 2.24. The van der Waals surface area contributed by atoms with Crippen molar-refractivity contribution in [1.29, 1.82) is 0 Å². The Morgan fingerprint density at radius 1 is 1.35 bits per heavy atom. The van der Waals surface area contributed by atoms with E-state index >= 15 is 0 Å². The fourth-order valence-electron chi connectivity index (χ4n) is 2.89. The maximum absolute atomic E-state index is 12.5. The number of nitrogens with zero attached hydrogens (tertiary/aromatic N) is 2. The lowest BCUT2D eigenvalue weighted by molar-refractivity contribution is 0.0691. The Morgan fingerprint density at radius 2 is 2.04 bits per heavy atom. The molecule has 1 aliphatic rings. The molecule has 1 aromatic heterocycles. The van der Waals surface area contributed by atoms with E-state index in [1.54, 1.807) is 0 Å². The summed E-state index contributed by atoms with van der Waals surface area (Å²) >= 11 is 0. The zero-order chi connectivity index (χ0) is 16.2. The van der Waals surface area contributed by atoms with Gasteiger partial charge in [-0.3, -0.25) is 4.79 Å². The van der Waals surface area contributed by atoms with Crippen LogP contribution < -0.4 is 5.73 Å². The minimum absolute atomic E-state index is 0.0567. The molecule has 0 radical (unpaired) electrons. The molecular weight excluding hydrogens is 290 g/mol. The second-order valence-electron chi connectivity index (χ2n) is 6.34. The van der Waals surface area contributed by atoms with Crippen LogP contribution in [-0.4, -0.2) is 28.9 Å². The number of hydrogen-bond donors (Lipinski definition) is 1. The molecule has 0 saturated carbocycles. The third kappa shape index (κ3) is 3.79. The van der Waals surface area contributed by atoms with Gasteiger partial charge in [-0.25, -0.2) is 4.98 Å². The number of hydrogen-bond acceptors (Lipinski definition) is 4. The lowest BCUT2D eigenvalue weighted by Gasteiger charge is -2.29. The predicted molar refractivity (Wildman–Crippen MR) is 87.9 cm³/mol. The summed E-state index contributed by atoms with van der Waals surface area (Å²) in [6, 6.07) is 9.61. The minimum atomic E-state index is -0.347. The molecule has 1 amide bonds. The van der Waals surface area contributed by atoms with Crippen LogP contribution in [0.1, 0.15) is 47.7 Å². The predicted octanol–water partition coefficient (Wildman–Crippen LogP) is 2.79. The van der Waals surface area contributed by atoms with E-state index in [-0.39, 0.29) is 11.9 Å². The van der Waals surface area contributed by atoms with Crippen LogP contribution in [-0.2, 0) is 6.42 Å². The first-order valence-corrected chi connectivity index (χ1v) is 8.17. The van der Waals surface area contributed by atoms with Gasteiger partial charge in [0.2, 0.25) is 5.89 Å². The first-order chi connectivity index (χ1) is 11.1. The van der Waals surface area contributed by atoms with Crippen LogP contribution in [0.2, 0.25) is 0 Å². The first kappa shape index (κ1) is 15.7. The number of carbonyl (C=O) groups is 1. The molecule has 0 aliphatic carbocycles. The van der Waals surface area contributed by atoms with Crippen molar-refractivity contribution in [1.82, 2.24) is 9.88 Å².